The molecular weight excluding hydrogens is 553 g/mol. The molecule has 0 heterocycles. The lowest BCUT2D eigenvalue weighted by Crippen LogP contribution is -2.06. The van der Waals surface area contributed by atoms with Crippen molar-refractivity contribution in [2.24, 2.45) is 0 Å². The van der Waals surface area contributed by atoms with E-state index in [9.17, 15) is 4.79 Å². The van der Waals surface area contributed by atoms with E-state index in [4.69, 9.17) is 4.74 Å². The van der Waals surface area contributed by atoms with Crippen molar-refractivity contribution in [3.05, 3.63) is 5.17 Å². The van der Waals surface area contributed by atoms with E-state index < -0.39 is 0 Å². The fourth-order valence-corrected chi connectivity index (χ4v) is 0.866. The van der Waals surface area contributed by atoms with Gasteiger partial charge in [-0.2, -0.15) is 0 Å². The molecule has 0 spiro atoms. The Kier molecular flexibility index (Phi) is 8.55. The van der Waals surface area contributed by atoms with Gasteiger partial charge in [-0.15, -0.1) is 0 Å². The van der Waals surface area contributed by atoms with Crippen molar-refractivity contribution >= 4 is 89.7 Å². The molecule has 0 saturated heterocycles. The third kappa shape index (κ3) is 6.99. The molecule has 0 bridgehead atoms. The molecule has 0 aliphatic heterocycles. The molecule has 0 aliphatic carbocycles. The van der Waals surface area contributed by atoms with Crippen molar-refractivity contribution in [1.82, 2.24) is 0 Å². The highest BCUT2D eigenvalue weighted by molar-refractivity contribution is 14.2. The Morgan fingerprint density at radius 3 is 2.27 bits per heavy atom. The van der Waals surface area contributed by atoms with Crippen LogP contribution in [0.2, 0.25) is 0 Å². The molecular formula is C5H4BrI3O2. The number of hydrogen-bond donors (Lipinski definition) is 0. The highest BCUT2D eigenvalue weighted by atomic mass is 127. The predicted octanol–water partition coefficient (Wildman–Crippen LogP) is 3.40. The van der Waals surface area contributed by atoms with Crippen LogP contribution < -0.4 is 0 Å². The number of esters is 1. The lowest BCUT2D eigenvalue weighted by molar-refractivity contribution is -0.139. The molecule has 0 rings (SSSR count). The van der Waals surface area contributed by atoms with Gasteiger partial charge in [0.1, 0.15) is 11.9 Å². The van der Waals surface area contributed by atoms with Gasteiger partial charge in [0.2, 0.25) is 0 Å². The predicted molar refractivity (Wildman–Crippen MR) is 73.8 cm³/mol. The molecule has 0 aromatic heterocycles. The Balaban J connectivity index is 3.72. The maximum absolute atomic E-state index is 10.6. The highest BCUT2D eigenvalue weighted by Crippen LogP contribution is 2.25. The maximum atomic E-state index is 10.6. The van der Waals surface area contributed by atoms with E-state index in [0.717, 1.165) is 5.17 Å². The highest BCUT2D eigenvalue weighted by Gasteiger charge is 2.02. The average Bonchev–Trinajstić information content (AvgIpc) is 1.99. The van der Waals surface area contributed by atoms with Gasteiger partial charge in [0.15, 0.2) is 0 Å². The van der Waals surface area contributed by atoms with Gasteiger partial charge in [-0.05, 0) is 67.8 Å². The molecule has 0 radical (unpaired) electrons. The molecule has 0 aliphatic rings. The monoisotopic (exact) mass is 556 g/mol. The summed E-state index contributed by atoms with van der Waals surface area (Å²) in [4.78, 5) is 10.6. The Morgan fingerprint density at radius 1 is 1.36 bits per heavy atom. The van der Waals surface area contributed by atoms with E-state index in [1.807, 2.05) is 0 Å². The quantitative estimate of drug-likeness (QED) is 0.303. The van der Waals surface area contributed by atoms with Crippen LogP contribution in [0, 0.1) is 0 Å². The van der Waals surface area contributed by atoms with E-state index in [0.29, 0.717) is 6.61 Å². The Morgan fingerprint density at radius 2 is 1.91 bits per heavy atom. The lowest BCUT2D eigenvalue weighted by Gasteiger charge is -2.01. The van der Waals surface area contributed by atoms with Gasteiger partial charge in [0.25, 0.3) is 0 Å². The van der Waals surface area contributed by atoms with Crippen LogP contribution >= 0.6 is 83.7 Å². The van der Waals surface area contributed by atoms with E-state index in [1.165, 1.54) is 0 Å². The molecule has 11 heavy (non-hydrogen) atoms. The minimum atomic E-state index is -0.229. The molecule has 64 valence electrons. The van der Waals surface area contributed by atoms with Gasteiger partial charge in [0, 0.05) is 3.58 Å². The summed E-state index contributed by atoms with van der Waals surface area (Å²) in [5.74, 6) is -0.229. The van der Waals surface area contributed by atoms with E-state index in [1.54, 1.807) is 0 Å². The lowest BCUT2D eigenvalue weighted by atomic mass is 10.7. The molecule has 0 aromatic rings. The third-order valence-corrected chi connectivity index (χ3v) is 5.35. The van der Waals surface area contributed by atoms with Crippen molar-refractivity contribution in [1.29, 1.82) is 0 Å². The molecule has 0 fully saturated rings. The summed E-state index contributed by atoms with van der Waals surface area (Å²) in [6, 6.07) is 0. The normalized spacial score (nSPS) is 9.09. The summed E-state index contributed by atoms with van der Waals surface area (Å²) in [7, 11) is 0. The molecule has 0 N–H and O–H groups in total. The standard InChI is InChI=1S/C5H4BrI3O2/c6-1-4(10)11-2-3(7)5(8)9/h1-2H2. The summed E-state index contributed by atoms with van der Waals surface area (Å²) >= 11 is 9.52. The van der Waals surface area contributed by atoms with Crippen LogP contribution in [0.4, 0.5) is 0 Å². The first-order valence-electron chi connectivity index (χ1n) is 2.49. The molecule has 0 aromatic carbocycles. The summed E-state index contributed by atoms with van der Waals surface area (Å²) in [5.41, 5.74) is 0. The van der Waals surface area contributed by atoms with Gasteiger partial charge >= 0.3 is 5.97 Å². The van der Waals surface area contributed by atoms with Crippen LogP contribution in [0.15, 0.2) is 5.17 Å². The van der Waals surface area contributed by atoms with Gasteiger partial charge < -0.3 is 4.74 Å². The smallest absolute Gasteiger partial charge is 0.316 e. The Hall–Kier alpha value is 1.88. The Bertz CT molecular complexity index is 177. The second-order valence-corrected chi connectivity index (χ2v) is 7.54. The zero-order chi connectivity index (χ0) is 8.85. The largest absolute Gasteiger partial charge is 0.460 e. The van der Waals surface area contributed by atoms with E-state index in [-0.39, 0.29) is 11.3 Å². The number of carbonyl (C=O) groups excluding carboxylic acids is 1. The summed E-state index contributed by atoms with van der Waals surface area (Å²) in [6.07, 6.45) is 0. The zero-order valence-electron chi connectivity index (χ0n) is 5.24. The van der Waals surface area contributed by atoms with Crippen molar-refractivity contribution in [3.8, 4) is 0 Å². The Labute approximate surface area is 114 Å². The fraction of sp³-hybridized carbons (Fsp3) is 0.400. The molecule has 0 atom stereocenters. The first kappa shape index (κ1) is 12.9. The number of ether oxygens (including phenoxy) is 1. The maximum Gasteiger partial charge on any atom is 0.316 e. The van der Waals surface area contributed by atoms with Gasteiger partial charge in [-0.3, -0.25) is 4.79 Å². The fourth-order valence-electron chi connectivity index (χ4n) is 0.237. The van der Waals surface area contributed by atoms with Crippen molar-refractivity contribution in [2.75, 3.05) is 11.9 Å². The van der Waals surface area contributed by atoms with Gasteiger partial charge in [-0.1, -0.05) is 15.9 Å². The minimum absolute atomic E-state index is 0.229. The van der Waals surface area contributed by atoms with Crippen LogP contribution in [0.5, 0.6) is 0 Å². The SMILES string of the molecule is O=C(CBr)OCC(I)=C(I)I. The topological polar surface area (TPSA) is 26.3 Å². The second kappa shape index (κ2) is 7.30. The molecule has 0 amide bonds. The summed E-state index contributed by atoms with van der Waals surface area (Å²) in [6.45, 7) is 0.381. The number of rotatable bonds is 3. The summed E-state index contributed by atoms with van der Waals surface area (Å²) in [5, 5.41) is 0.259. The van der Waals surface area contributed by atoms with Gasteiger partial charge in [-0.25, -0.2) is 0 Å². The van der Waals surface area contributed by atoms with Crippen LogP contribution in [0.25, 0.3) is 0 Å². The number of alkyl halides is 1. The van der Waals surface area contributed by atoms with Crippen molar-refractivity contribution in [2.45, 2.75) is 0 Å². The molecule has 0 unspecified atom stereocenters. The van der Waals surface area contributed by atoms with Crippen molar-refractivity contribution < 1.29 is 9.53 Å². The van der Waals surface area contributed by atoms with Crippen LogP contribution in [-0.2, 0) is 9.53 Å². The average molecular weight is 557 g/mol. The number of halogens is 4. The van der Waals surface area contributed by atoms with E-state index in [2.05, 4.69) is 83.7 Å². The first-order valence-corrected chi connectivity index (χ1v) is 6.85. The minimum Gasteiger partial charge on any atom is -0.460 e. The summed E-state index contributed by atoms with van der Waals surface area (Å²) < 4.78 is 7.04. The van der Waals surface area contributed by atoms with E-state index >= 15 is 0 Å². The number of carbonyl (C=O) groups is 1. The van der Waals surface area contributed by atoms with Gasteiger partial charge in [0.05, 0.1) is 1.59 Å². The van der Waals surface area contributed by atoms with Crippen molar-refractivity contribution in [3.63, 3.8) is 0 Å². The van der Waals surface area contributed by atoms with Crippen LogP contribution in [-0.4, -0.2) is 17.9 Å². The molecule has 6 heteroatoms. The van der Waals surface area contributed by atoms with Crippen LogP contribution in [0.3, 0.4) is 0 Å². The zero-order valence-corrected chi connectivity index (χ0v) is 13.3. The molecule has 0 saturated carbocycles. The first-order chi connectivity index (χ1) is 5.07. The third-order valence-electron chi connectivity index (χ3n) is 0.674. The number of hydrogen-bond acceptors (Lipinski definition) is 2. The second-order valence-electron chi connectivity index (χ2n) is 1.46. The molecule has 2 nitrogen and oxygen atoms in total. The van der Waals surface area contributed by atoms with Crippen LogP contribution in [0.1, 0.15) is 0 Å².